The van der Waals surface area contributed by atoms with Crippen LogP contribution in [0.25, 0.3) is 0 Å². The fourth-order valence-corrected chi connectivity index (χ4v) is 4.87. The molecule has 3 saturated heterocycles. The van der Waals surface area contributed by atoms with E-state index >= 15 is 0 Å². The summed E-state index contributed by atoms with van der Waals surface area (Å²) < 4.78 is 5.44. The molecule has 1 amide bonds. The van der Waals surface area contributed by atoms with Gasteiger partial charge in [0.1, 0.15) is 5.41 Å². The number of hydrogen-bond donors (Lipinski definition) is 1. The van der Waals surface area contributed by atoms with Gasteiger partial charge in [0.05, 0.1) is 0 Å². The Morgan fingerprint density at radius 3 is 2.54 bits per heavy atom. The number of ether oxygens (including phenoxy) is 1. The molecule has 6 heteroatoms. The maximum Gasteiger partial charge on any atom is 0.313 e. The van der Waals surface area contributed by atoms with Crippen molar-refractivity contribution in [1.29, 1.82) is 0 Å². The molecule has 0 bridgehead atoms. The maximum absolute atomic E-state index is 12.9. The highest BCUT2D eigenvalue weighted by molar-refractivity contribution is 5.96. The van der Waals surface area contributed by atoms with Gasteiger partial charge in [0, 0.05) is 56.9 Å². The average Bonchev–Trinajstić information content (AvgIpc) is 3.18. The van der Waals surface area contributed by atoms with E-state index in [1.54, 1.807) is 4.90 Å². The van der Waals surface area contributed by atoms with Gasteiger partial charge in [-0.3, -0.25) is 14.5 Å². The Labute approximate surface area is 153 Å². The number of carboxylic acids is 1. The van der Waals surface area contributed by atoms with E-state index in [0.717, 1.165) is 38.2 Å². The molecule has 3 heterocycles. The third-order valence-corrected chi connectivity index (χ3v) is 6.43. The van der Waals surface area contributed by atoms with Crippen LogP contribution in [0.2, 0.25) is 0 Å². The summed E-state index contributed by atoms with van der Waals surface area (Å²) in [4.78, 5) is 29.2. The highest BCUT2D eigenvalue weighted by Crippen LogP contribution is 2.44. The maximum atomic E-state index is 12.9. The summed E-state index contributed by atoms with van der Waals surface area (Å²) in [5.41, 5.74) is 0.772. The van der Waals surface area contributed by atoms with Crippen molar-refractivity contribution in [2.75, 3.05) is 39.4 Å². The molecule has 140 valence electrons. The number of rotatable bonds is 3. The second-order valence-corrected chi connectivity index (χ2v) is 7.93. The minimum atomic E-state index is -0.837. The lowest BCUT2D eigenvalue weighted by Crippen LogP contribution is -2.45. The molecule has 0 aliphatic carbocycles. The molecule has 2 atom stereocenters. The summed E-state index contributed by atoms with van der Waals surface area (Å²) in [6.07, 6.45) is 1.93. The Bertz CT molecular complexity index is 716. The van der Waals surface area contributed by atoms with Crippen LogP contribution in [0, 0.1) is 18.3 Å². The molecule has 0 saturated carbocycles. The Morgan fingerprint density at radius 1 is 1.15 bits per heavy atom. The summed E-state index contributed by atoms with van der Waals surface area (Å²) in [6.45, 7) is 5.56. The number of aryl methyl sites for hydroxylation is 1. The molecule has 6 nitrogen and oxygen atoms in total. The average molecular weight is 358 g/mol. The van der Waals surface area contributed by atoms with E-state index in [4.69, 9.17) is 4.74 Å². The van der Waals surface area contributed by atoms with Crippen molar-refractivity contribution < 1.29 is 19.4 Å². The van der Waals surface area contributed by atoms with Crippen LogP contribution < -0.4 is 0 Å². The first-order chi connectivity index (χ1) is 12.5. The van der Waals surface area contributed by atoms with Gasteiger partial charge >= 0.3 is 5.97 Å². The molecule has 4 rings (SSSR count). The molecule has 1 aromatic rings. The van der Waals surface area contributed by atoms with E-state index in [1.807, 2.05) is 31.2 Å². The first-order valence-corrected chi connectivity index (χ1v) is 9.41. The third-order valence-electron chi connectivity index (χ3n) is 6.43. The zero-order chi connectivity index (χ0) is 18.3. The van der Waals surface area contributed by atoms with Crippen LogP contribution in [0.5, 0.6) is 0 Å². The summed E-state index contributed by atoms with van der Waals surface area (Å²) in [7, 11) is 0. The lowest BCUT2D eigenvalue weighted by atomic mass is 9.81. The van der Waals surface area contributed by atoms with Gasteiger partial charge in [0.2, 0.25) is 0 Å². The number of benzene rings is 1. The van der Waals surface area contributed by atoms with Gasteiger partial charge in [-0.15, -0.1) is 0 Å². The SMILES string of the molecule is Cc1ccccc1C(=O)N1C[C@@H]2CN(C3CCOCC3)C[C@]2(C(=O)O)C1. The summed E-state index contributed by atoms with van der Waals surface area (Å²) in [5, 5.41) is 10.0. The number of hydrogen-bond acceptors (Lipinski definition) is 4. The summed E-state index contributed by atoms with van der Waals surface area (Å²) in [5.74, 6) is -0.816. The second-order valence-electron chi connectivity index (χ2n) is 7.93. The molecule has 3 aliphatic rings. The lowest BCUT2D eigenvalue weighted by Gasteiger charge is -2.33. The van der Waals surface area contributed by atoms with Gasteiger partial charge in [-0.25, -0.2) is 0 Å². The van der Waals surface area contributed by atoms with Crippen molar-refractivity contribution in [1.82, 2.24) is 9.80 Å². The number of fused-ring (bicyclic) bond motifs is 1. The van der Waals surface area contributed by atoms with Crippen LogP contribution in [-0.4, -0.2) is 72.2 Å². The predicted octanol–water partition coefficient (Wildman–Crippen LogP) is 1.63. The fourth-order valence-electron chi connectivity index (χ4n) is 4.87. The molecule has 26 heavy (non-hydrogen) atoms. The number of likely N-dealkylation sites (tertiary alicyclic amines) is 2. The topological polar surface area (TPSA) is 70.1 Å². The number of carbonyl (C=O) groups excluding carboxylic acids is 1. The number of nitrogens with zero attached hydrogens (tertiary/aromatic N) is 2. The number of aliphatic carboxylic acids is 1. The molecule has 0 spiro atoms. The number of carbonyl (C=O) groups is 2. The van der Waals surface area contributed by atoms with Crippen LogP contribution in [0.15, 0.2) is 24.3 Å². The summed E-state index contributed by atoms with van der Waals surface area (Å²) >= 11 is 0. The predicted molar refractivity (Wildman–Crippen MR) is 96.1 cm³/mol. The number of carboxylic acid groups (broad SMARTS) is 1. The summed E-state index contributed by atoms with van der Waals surface area (Å²) in [6, 6.07) is 7.93. The standard InChI is InChI=1S/C20H26N2O4/c1-14-4-2-3-5-17(14)18(23)22-11-15-10-21(16-6-8-26-9-7-16)12-20(15,13-22)19(24)25/h2-5,15-16H,6-13H2,1H3,(H,24,25)/t15-,20-/m0/s1. The molecule has 3 aliphatic heterocycles. The highest BCUT2D eigenvalue weighted by atomic mass is 16.5. The molecule has 0 radical (unpaired) electrons. The van der Waals surface area contributed by atoms with Gasteiger partial charge in [-0.1, -0.05) is 18.2 Å². The second kappa shape index (κ2) is 6.67. The molecule has 0 unspecified atom stereocenters. The minimum absolute atomic E-state index is 0.00388. The molecule has 0 aromatic heterocycles. The Balaban J connectivity index is 1.53. The zero-order valence-electron chi connectivity index (χ0n) is 15.2. The van der Waals surface area contributed by atoms with Crippen molar-refractivity contribution in [3.8, 4) is 0 Å². The highest BCUT2D eigenvalue weighted by Gasteiger charge is 2.59. The van der Waals surface area contributed by atoms with Gasteiger partial charge < -0.3 is 14.7 Å². The van der Waals surface area contributed by atoms with Crippen molar-refractivity contribution in [2.45, 2.75) is 25.8 Å². The van der Waals surface area contributed by atoms with Crippen molar-refractivity contribution in [3.63, 3.8) is 0 Å². The Hall–Kier alpha value is -1.92. The van der Waals surface area contributed by atoms with E-state index in [-0.39, 0.29) is 11.8 Å². The van der Waals surface area contributed by atoms with E-state index in [1.165, 1.54) is 0 Å². The van der Waals surface area contributed by atoms with E-state index in [0.29, 0.717) is 31.2 Å². The Morgan fingerprint density at radius 2 is 1.88 bits per heavy atom. The molecular weight excluding hydrogens is 332 g/mol. The molecule has 3 fully saturated rings. The van der Waals surface area contributed by atoms with Crippen LogP contribution >= 0.6 is 0 Å². The van der Waals surface area contributed by atoms with Gasteiger partial charge in [0.15, 0.2) is 0 Å². The lowest BCUT2D eigenvalue weighted by molar-refractivity contribution is -0.148. The quantitative estimate of drug-likeness (QED) is 0.889. The van der Waals surface area contributed by atoms with Gasteiger partial charge in [0.25, 0.3) is 5.91 Å². The fraction of sp³-hybridized carbons (Fsp3) is 0.600. The van der Waals surface area contributed by atoms with Gasteiger partial charge in [-0.2, -0.15) is 0 Å². The van der Waals surface area contributed by atoms with Crippen molar-refractivity contribution in [2.24, 2.45) is 11.3 Å². The van der Waals surface area contributed by atoms with Crippen LogP contribution in [0.4, 0.5) is 0 Å². The van der Waals surface area contributed by atoms with E-state index in [9.17, 15) is 14.7 Å². The van der Waals surface area contributed by atoms with Crippen LogP contribution in [0.3, 0.4) is 0 Å². The first-order valence-electron chi connectivity index (χ1n) is 9.41. The largest absolute Gasteiger partial charge is 0.481 e. The molecule has 1 aromatic carbocycles. The number of amides is 1. The van der Waals surface area contributed by atoms with Crippen LogP contribution in [-0.2, 0) is 9.53 Å². The normalized spacial score (nSPS) is 29.7. The molecular formula is C20H26N2O4. The van der Waals surface area contributed by atoms with E-state index in [2.05, 4.69) is 4.90 Å². The van der Waals surface area contributed by atoms with Gasteiger partial charge in [-0.05, 0) is 31.4 Å². The Kier molecular flexibility index (Phi) is 4.49. The van der Waals surface area contributed by atoms with Crippen LogP contribution in [0.1, 0.15) is 28.8 Å². The van der Waals surface area contributed by atoms with E-state index < -0.39 is 11.4 Å². The van der Waals surface area contributed by atoms with Crippen molar-refractivity contribution in [3.05, 3.63) is 35.4 Å². The minimum Gasteiger partial charge on any atom is -0.481 e. The monoisotopic (exact) mass is 358 g/mol. The molecule has 1 N–H and O–H groups in total. The first kappa shape index (κ1) is 17.5. The third kappa shape index (κ3) is 2.81. The van der Waals surface area contributed by atoms with Crippen molar-refractivity contribution >= 4 is 11.9 Å². The smallest absolute Gasteiger partial charge is 0.313 e. The zero-order valence-corrected chi connectivity index (χ0v) is 15.2.